The summed E-state index contributed by atoms with van der Waals surface area (Å²) in [4.78, 5) is 2.49. The van der Waals surface area contributed by atoms with Gasteiger partial charge in [0.15, 0.2) is 0 Å². The molecule has 17 heavy (non-hydrogen) atoms. The van der Waals surface area contributed by atoms with Crippen LogP contribution in [-0.2, 0) is 6.54 Å². The van der Waals surface area contributed by atoms with E-state index in [1.165, 1.54) is 38.5 Å². The Labute approximate surface area is 104 Å². The number of nitrogens with two attached hydrogens (primary N) is 1. The highest BCUT2D eigenvalue weighted by atomic mass is 15.3. The summed E-state index contributed by atoms with van der Waals surface area (Å²) in [6.45, 7) is 2.00. The van der Waals surface area contributed by atoms with E-state index in [1.807, 2.05) is 16.9 Å². The maximum atomic E-state index is 5.60. The second-order valence-electron chi connectivity index (χ2n) is 5.13. The third kappa shape index (κ3) is 3.73. The molecule has 4 heteroatoms. The van der Waals surface area contributed by atoms with Crippen molar-refractivity contribution in [3.05, 3.63) is 12.3 Å². The van der Waals surface area contributed by atoms with Crippen LogP contribution >= 0.6 is 0 Å². The molecule has 1 fully saturated rings. The quantitative estimate of drug-likeness (QED) is 0.815. The maximum Gasteiger partial charge on any atom is 0.145 e. The van der Waals surface area contributed by atoms with Gasteiger partial charge in [-0.1, -0.05) is 25.7 Å². The van der Waals surface area contributed by atoms with E-state index in [1.54, 1.807) is 0 Å². The molecule has 0 amide bonds. The summed E-state index contributed by atoms with van der Waals surface area (Å²) in [6, 6.07) is 2.62. The SMILES string of the molecule is CN(CCn1ccc(N)n1)C1CCCCCC1. The number of rotatable bonds is 4. The summed E-state index contributed by atoms with van der Waals surface area (Å²) in [5.74, 6) is 0.613. The molecule has 1 aliphatic carbocycles. The van der Waals surface area contributed by atoms with Gasteiger partial charge in [-0.2, -0.15) is 5.10 Å². The average molecular weight is 236 g/mol. The Bertz CT molecular complexity index is 326. The molecule has 96 valence electrons. The Hall–Kier alpha value is -1.03. The van der Waals surface area contributed by atoms with Crippen molar-refractivity contribution >= 4 is 5.82 Å². The molecule has 0 saturated heterocycles. The van der Waals surface area contributed by atoms with Crippen LogP contribution in [-0.4, -0.2) is 34.3 Å². The Morgan fingerprint density at radius 1 is 1.35 bits per heavy atom. The van der Waals surface area contributed by atoms with Crippen molar-refractivity contribution in [3.63, 3.8) is 0 Å². The highest BCUT2D eigenvalue weighted by molar-refractivity contribution is 5.23. The number of aromatic nitrogens is 2. The first-order chi connectivity index (χ1) is 8.25. The zero-order valence-electron chi connectivity index (χ0n) is 10.8. The van der Waals surface area contributed by atoms with Gasteiger partial charge in [-0.25, -0.2) is 0 Å². The Morgan fingerprint density at radius 2 is 2.06 bits per heavy atom. The third-order valence-electron chi connectivity index (χ3n) is 3.79. The maximum absolute atomic E-state index is 5.60. The lowest BCUT2D eigenvalue weighted by Crippen LogP contribution is -2.34. The molecule has 0 spiro atoms. The van der Waals surface area contributed by atoms with Crippen molar-refractivity contribution in [2.75, 3.05) is 19.3 Å². The molecule has 0 aliphatic heterocycles. The van der Waals surface area contributed by atoms with E-state index in [4.69, 9.17) is 5.73 Å². The van der Waals surface area contributed by atoms with Crippen LogP contribution in [0.25, 0.3) is 0 Å². The minimum Gasteiger partial charge on any atom is -0.382 e. The fourth-order valence-corrected chi connectivity index (χ4v) is 2.64. The number of hydrogen-bond donors (Lipinski definition) is 1. The Morgan fingerprint density at radius 3 is 2.65 bits per heavy atom. The second kappa shape index (κ2) is 6.05. The van der Waals surface area contributed by atoms with Crippen molar-refractivity contribution < 1.29 is 0 Å². The fourth-order valence-electron chi connectivity index (χ4n) is 2.64. The smallest absolute Gasteiger partial charge is 0.145 e. The minimum atomic E-state index is 0.613. The lowest BCUT2D eigenvalue weighted by atomic mass is 10.1. The predicted molar refractivity (Wildman–Crippen MR) is 70.8 cm³/mol. The summed E-state index contributed by atoms with van der Waals surface area (Å²) in [7, 11) is 2.24. The number of nitrogens with zero attached hydrogens (tertiary/aromatic N) is 3. The van der Waals surface area contributed by atoms with Gasteiger partial charge in [0.2, 0.25) is 0 Å². The van der Waals surface area contributed by atoms with Gasteiger partial charge in [-0.3, -0.25) is 4.68 Å². The number of hydrogen-bond acceptors (Lipinski definition) is 3. The predicted octanol–water partition coefficient (Wildman–Crippen LogP) is 2.12. The fraction of sp³-hybridized carbons (Fsp3) is 0.769. The third-order valence-corrected chi connectivity index (χ3v) is 3.79. The van der Waals surface area contributed by atoms with E-state index in [9.17, 15) is 0 Å². The summed E-state index contributed by atoms with van der Waals surface area (Å²) >= 11 is 0. The van der Waals surface area contributed by atoms with Gasteiger partial charge in [0, 0.05) is 18.8 Å². The molecule has 0 radical (unpaired) electrons. The van der Waals surface area contributed by atoms with Gasteiger partial charge in [-0.15, -0.1) is 0 Å². The lowest BCUT2D eigenvalue weighted by Gasteiger charge is -2.26. The first kappa shape index (κ1) is 12.4. The summed E-state index contributed by atoms with van der Waals surface area (Å²) in [5.41, 5.74) is 5.60. The monoisotopic (exact) mass is 236 g/mol. The van der Waals surface area contributed by atoms with Crippen LogP contribution in [0.5, 0.6) is 0 Å². The molecule has 1 aromatic rings. The summed E-state index contributed by atoms with van der Waals surface area (Å²) < 4.78 is 1.93. The molecule has 2 N–H and O–H groups in total. The van der Waals surface area contributed by atoms with Crippen LogP contribution in [0.3, 0.4) is 0 Å². The van der Waals surface area contributed by atoms with Crippen LogP contribution in [0.15, 0.2) is 12.3 Å². The summed E-state index contributed by atoms with van der Waals surface area (Å²) in [5, 5.41) is 4.21. The topological polar surface area (TPSA) is 47.1 Å². The normalized spacial score (nSPS) is 18.5. The number of anilines is 1. The van der Waals surface area contributed by atoms with Crippen molar-refractivity contribution in [2.45, 2.75) is 51.1 Å². The molecular weight excluding hydrogens is 212 g/mol. The highest BCUT2D eigenvalue weighted by Crippen LogP contribution is 2.20. The van der Waals surface area contributed by atoms with Crippen LogP contribution in [0.1, 0.15) is 38.5 Å². The van der Waals surface area contributed by atoms with E-state index in [0.717, 1.165) is 19.1 Å². The van der Waals surface area contributed by atoms with Crippen molar-refractivity contribution in [2.24, 2.45) is 0 Å². The zero-order chi connectivity index (χ0) is 12.1. The van der Waals surface area contributed by atoms with Gasteiger partial charge >= 0.3 is 0 Å². The lowest BCUT2D eigenvalue weighted by molar-refractivity contribution is 0.210. The van der Waals surface area contributed by atoms with Crippen LogP contribution in [0, 0.1) is 0 Å². The molecule has 4 nitrogen and oxygen atoms in total. The first-order valence-corrected chi connectivity index (χ1v) is 6.75. The molecule has 0 unspecified atom stereocenters. The van der Waals surface area contributed by atoms with E-state index in [-0.39, 0.29) is 0 Å². The summed E-state index contributed by atoms with van der Waals surface area (Å²) in [6.07, 6.45) is 10.3. The molecular formula is C13H24N4. The average Bonchev–Trinajstić information content (AvgIpc) is 2.58. The molecule has 1 aliphatic rings. The molecule has 0 bridgehead atoms. The van der Waals surface area contributed by atoms with E-state index < -0.39 is 0 Å². The van der Waals surface area contributed by atoms with E-state index in [2.05, 4.69) is 17.0 Å². The molecule has 1 aromatic heterocycles. The molecule has 1 saturated carbocycles. The molecule has 0 atom stereocenters. The van der Waals surface area contributed by atoms with Crippen LogP contribution in [0.2, 0.25) is 0 Å². The first-order valence-electron chi connectivity index (χ1n) is 6.75. The van der Waals surface area contributed by atoms with E-state index in [0.29, 0.717) is 5.82 Å². The van der Waals surface area contributed by atoms with Gasteiger partial charge in [0.05, 0.1) is 6.54 Å². The molecule has 1 heterocycles. The van der Waals surface area contributed by atoms with Gasteiger partial charge in [0.1, 0.15) is 5.82 Å². The molecule has 2 rings (SSSR count). The van der Waals surface area contributed by atoms with Gasteiger partial charge < -0.3 is 10.6 Å². The Kier molecular flexibility index (Phi) is 4.42. The minimum absolute atomic E-state index is 0.613. The van der Waals surface area contributed by atoms with Crippen molar-refractivity contribution in [1.29, 1.82) is 0 Å². The number of likely N-dealkylation sites (N-methyl/N-ethyl adjacent to an activating group) is 1. The second-order valence-corrected chi connectivity index (χ2v) is 5.13. The highest BCUT2D eigenvalue weighted by Gasteiger charge is 2.16. The van der Waals surface area contributed by atoms with Crippen molar-refractivity contribution in [3.8, 4) is 0 Å². The van der Waals surface area contributed by atoms with Crippen molar-refractivity contribution in [1.82, 2.24) is 14.7 Å². The standard InChI is InChI=1S/C13H24N4/c1-16(12-6-4-2-3-5-7-12)10-11-17-9-8-13(14)15-17/h8-9,12H,2-7,10-11H2,1H3,(H2,14,15). The largest absolute Gasteiger partial charge is 0.382 e. The van der Waals surface area contributed by atoms with Crippen LogP contribution < -0.4 is 5.73 Å². The van der Waals surface area contributed by atoms with Gasteiger partial charge in [0.25, 0.3) is 0 Å². The zero-order valence-corrected chi connectivity index (χ0v) is 10.8. The van der Waals surface area contributed by atoms with E-state index >= 15 is 0 Å². The van der Waals surface area contributed by atoms with Gasteiger partial charge in [-0.05, 0) is 26.0 Å². The number of nitrogen functional groups attached to an aromatic ring is 1. The van der Waals surface area contributed by atoms with Crippen LogP contribution in [0.4, 0.5) is 5.82 Å². The Balaban J connectivity index is 1.77. The molecule has 0 aromatic carbocycles.